The highest BCUT2D eigenvalue weighted by Gasteiger charge is 2.31. The first-order valence-electron chi connectivity index (χ1n) is 7.88. The minimum atomic E-state index is -3.62. The number of piperazine rings is 1. The summed E-state index contributed by atoms with van der Waals surface area (Å²) in [7, 11) is -2.15. The van der Waals surface area contributed by atoms with E-state index in [0.717, 1.165) is 12.0 Å². The Balaban J connectivity index is 2.24. The summed E-state index contributed by atoms with van der Waals surface area (Å²) in [6.45, 7) is 5.28. The van der Waals surface area contributed by atoms with Gasteiger partial charge in [-0.1, -0.05) is 19.9 Å². The fourth-order valence-corrected chi connectivity index (χ4v) is 4.31. The van der Waals surface area contributed by atoms with Crippen molar-refractivity contribution < 1.29 is 17.9 Å². The lowest BCUT2D eigenvalue weighted by molar-refractivity contribution is -0.132. The number of carbonyl (C=O) groups is 1. The molecule has 1 heterocycles. The van der Waals surface area contributed by atoms with Gasteiger partial charge in [0.25, 0.3) is 0 Å². The van der Waals surface area contributed by atoms with Gasteiger partial charge in [0.05, 0.1) is 7.11 Å². The molecule has 6 nitrogen and oxygen atoms in total. The first-order chi connectivity index (χ1) is 10.9. The maximum absolute atomic E-state index is 12.9. The predicted molar refractivity (Wildman–Crippen MR) is 88.0 cm³/mol. The van der Waals surface area contributed by atoms with Crippen LogP contribution in [0, 0.1) is 0 Å². The summed E-state index contributed by atoms with van der Waals surface area (Å²) in [5.74, 6) is 0.418. The number of benzene rings is 1. The molecule has 0 spiro atoms. The zero-order chi connectivity index (χ0) is 17.0. The second-order valence-corrected chi connectivity index (χ2v) is 7.38. The first kappa shape index (κ1) is 17.7. The lowest BCUT2D eigenvalue weighted by Crippen LogP contribution is -2.50. The maximum Gasteiger partial charge on any atom is 0.246 e. The highest BCUT2D eigenvalue weighted by molar-refractivity contribution is 7.89. The molecule has 0 atom stereocenters. The van der Waals surface area contributed by atoms with Crippen molar-refractivity contribution in [2.45, 2.75) is 31.6 Å². The van der Waals surface area contributed by atoms with E-state index in [1.54, 1.807) is 17.0 Å². The highest BCUT2D eigenvalue weighted by atomic mass is 32.2. The predicted octanol–water partition coefficient (Wildman–Crippen LogP) is 1.50. The molecule has 0 unspecified atom stereocenters. The zero-order valence-corrected chi connectivity index (χ0v) is 14.7. The van der Waals surface area contributed by atoms with Gasteiger partial charge in [-0.05, 0) is 24.1 Å². The Morgan fingerprint density at radius 3 is 2.35 bits per heavy atom. The molecule has 0 radical (unpaired) electrons. The molecule has 1 aliphatic heterocycles. The van der Waals surface area contributed by atoms with Crippen LogP contribution >= 0.6 is 0 Å². The molecule has 23 heavy (non-hydrogen) atoms. The molecule has 1 aromatic rings. The Morgan fingerprint density at radius 1 is 1.17 bits per heavy atom. The van der Waals surface area contributed by atoms with Gasteiger partial charge in [0.2, 0.25) is 15.9 Å². The number of methoxy groups -OCH3 is 1. The molecule has 0 N–H and O–H groups in total. The van der Waals surface area contributed by atoms with Gasteiger partial charge in [-0.2, -0.15) is 4.31 Å². The van der Waals surface area contributed by atoms with Gasteiger partial charge >= 0.3 is 0 Å². The number of ether oxygens (including phenoxy) is 1. The van der Waals surface area contributed by atoms with E-state index in [2.05, 4.69) is 0 Å². The molecule has 0 aromatic heterocycles. The number of sulfonamides is 1. The maximum atomic E-state index is 12.9. The number of aryl methyl sites for hydroxylation is 1. The Hall–Kier alpha value is -1.60. The van der Waals surface area contributed by atoms with Gasteiger partial charge in [0, 0.05) is 32.6 Å². The molecule has 1 saturated heterocycles. The summed E-state index contributed by atoms with van der Waals surface area (Å²) in [5, 5.41) is 0. The van der Waals surface area contributed by atoms with Crippen LogP contribution in [0.15, 0.2) is 23.1 Å². The van der Waals surface area contributed by atoms with Crippen molar-refractivity contribution in [1.82, 2.24) is 9.21 Å². The van der Waals surface area contributed by atoms with E-state index in [4.69, 9.17) is 4.74 Å². The van der Waals surface area contributed by atoms with E-state index < -0.39 is 10.0 Å². The van der Waals surface area contributed by atoms with E-state index >= 15 is 0 Å². The van der Waals surface area contributed by atoms with Crippen molar-refractivity contribution in [3.63, 3.8) is 0 Å². The van der Waals surface area contributed by atoms with Crippen LogP contribution in [0.3, 0.4) is 0 Å². The largest absolute Gasteiger partial charge is 0.495 e. The molecule has 1 fully saturated rings. The van der Waals surface area contributed by atoms with Crippen molar-refractivity contribution in [3.8, 4) is 5.75 Å². The second-order valence-electron chi connectivity index (χ2n) is 5.48. The van der Waals surface area contributed by atoms with Crippen LogP contribution in [-0.2, 0) is 21.2 Å². The normalized spacial score (nSPS) is 16.4. The molecule has 0 bridgehead atoms. The molecule has 1 amide bonds. The van der Waals surface area contributed by atoms with E-state index in [1.165, 1.54) is 11.4 Å². The third-order valence-electron chi connectivity index (χ3n) is 4.15. The van der Waals surface area contributed by atoms with Crippen molar-refractivity contribution >= 4 is 15.9 Å². The molecule has 7 heteroatoms. The molecule has 0 aliphatic carbocycles. The number of rotatable bonds is 5. The molecule has 128 valence electrons. The lowest BCUT2D eigenvalue weighted by atomic mass is 10.2. The Kier molecular flexibility index (Phi) is 5.64. The number of carbonyl (C=O) groups excluding carboxylic acids is 1. The fraction of sp³-hybridized carbons (Fsp3) is 0.562. The molecule has 1 aromatic carbocycles. The standard InChI is InChI=1S/C16H24N2O4S/c1-4-13-6-7-14(22-3)15(12-13)23(20,21)18-10-8-17(9-11-18)16(19)5-2/h6-7,12H,4-5,8-11H2,1-3H3. The van der Waals surface area contributed by atoms with Crippen LogP contribution in [-0.4, -0.2) is 56.8 Å². The number of hydrogen-bond donors (Lipinski definition) is 0. The molecular formula is C16H24N2O4S. The molecule has 1 aliphatic rings. The number of hydrogen-bond acceptors (Lipinski definition) is 4. The Bertz CT molecular complexity index is 665. The van der Waals surface area contributed by atoms with Crippen LogP contribution in [0.1, 0.15) is 25.8 Å². The van der Waals surface area contributed by atoms with Gasteiger partial charge in [0.1, 0.15) is 10.6 Å². The van der Waals surface area contributed by atoms with Gasteiger partial charge in [-0.15, -0.1) is 0 Å². The summed E-state index contributed by atoms with van der Waals surface area (Å²) in [5.41, 5.74) is 0.948. The van der Waals surface area contributed by atoms with Crippen LogP contribution < -0.4 is 4.74 Å². The first-order valence-corrected chi connectivity index (χ1v) is 9.32. The van der Waals surface area contributed by atoms with Crippen LogP contribution in [0.4, 0.5) is 0 Å². The quantitative estimate of drug-likeness (QED) is 0.815. The van der Waals surface area contributed by atoms with Crippen molar-refractivity contribution in [2.24, 2.45) is 0 Å². The third kappa shape index (κ3) is 3.67. The lowest BCUT2D eigenvalue weighted by Gasteiger charge is -2.34. The summed E-state index contributed by atoms with van der Waals surface area (Å²) < 4.78 is 32.5. The summed E-state index contributed by atoms with van der Waals surface area (Å²) in [4.78, 5) is 13.6. The van der Waals surface area contributed by atoms with E-state index in [0.29, 0.717) is 38.3 Å². The minimum Gasteiger partial charge on any atom is -0.495 e. The van der Waals surface area contributed by atoms with Crippen LogP contribution in [0.5, 0.6) is 5.75 Å². The average molecular weight is 340 g/mol. The van der Waals surface area contributed by atoms with Crippen molar-refractivity contribution in [2.75, 3.05) is 33.3 Å². The van der Waals surface area contributed by atoms with Crippen LogP contribution in [0.2, 0.25) is 0 Å². The number of amides is 1. The van der Waals surface area contributed by atoms with Gasteiger partial charge in [-0.25, -0.2) is 8.42 Å². The van der Waals surface area contributed by atoms with Gasteiger partial charge in [0.15, 0.2) is 0 Å². The minimum absolute atomic E-state index is 0.0626. The second kappa shape index (κ2) is 7.31. The van der Waals surface area contributed by atoms with Crippen LogP contribution in [0.25, 0.3) is 0 Å². The third-order valence-corrected chi connectivity index (χ3v) is 6.07. The van der Waals surface area contributed by atoms with Crippen molar-refractivity contribution in [3.05, 3.63) is 23.8 Å². The van der Waals surface area contributed by atoms with E-state index in [9.17, 15) is 13.2 Å². The SMILES string of the molecule is CCC(=O)N1CCN(S(=O)(=O)c2cc(CC)ccc2OC)CC1. The summed E-state index contributed by atoms with van der Waals surface area (Å²) in [6, 6.07) is 5.25. The Morgan fingerprint density at radius 2 is 1.83 bits per heavy atom. The Labute approximate surface area is 138 Å². The monoisotopic (exact) mass is 340 g/mol. The van der Waals surface area contributed by atoms with E-state index in [1.807, 2.05) is 19.9 Å². The summed E-state index contributed by atoms with van der Waals surface area (Å²) >= 11 is 0. The van der Waals surface area contributed by atoms with Crippen molar-refractivity contribution in [1.29, 1.82) is 0 Å². The summed E-state index contributed by atoms with van der Waals surface area (Å²) in [6.07, 6.45) is 1.20. The van der Waals surface area contributed by atoms with E-state index in [-0.39, 0.29) is 10.8 Å². The molecular weight excluding hydrogens is 316 g/mol. The highest BCUT2D eigenvalue weighted by Crippen LogP contribution is 2.28. The zero-order valence-electron chi connectivity index (χ0n) is 13.9. The average Bonchev–Trinajstić information content (AvgIpc) is 2.60. The molecule has 0 saturated carbocycles. The smallest absolute Gasteiger partial charge is 0.246 e. The number of nitrogens with zero attached hydrogens (tertiary/aromatic N) is 2. The molecule has 2 rings (SSSR count). The van der Waals surface area contributed by atoms with Gasteiger partial charge in [-0.3, -0.25) is 4.79 Å². The fourth-order valence-electron chi connectivity index (χ4n) is 2.68. The topological polar surface area (TPSA) is 66.9 Å². The van der Waals surface area contributed by atoms with Gasteiger partial charge < -0.3 is 9.64 Å².